The molecule has 0 saturated carbocycles. The largest absolute Gasteiger partial charge is 0.317 e. The molecule has 3 heteroatoms. The van der Waals surface area contributed by atoms with E-state index in [-0.39, 0.29) is 0 Å². The van der Waals surface area contributed by atoms with Crippen molar-refractivity contribution >= 4 is 11.8 Å². The lowest BCUT2D eigenvalue weighted by Gasteiger charge is -2.40. The number of nitrogens with one attached hydrogen (secondary N) is 2. The average molecular weight is 202 g/mol. The molecule has 2 aliphatic rings. The topological polar surface area (TPSA) is 24.1 Å². The monoisotopic (exact) mass is 202 g/mol. The van der Waals surface area contributed by atoms with Gasteiger partial charge in [0.2, 0.25) is 0 Å². The van der Waals surface area contributed by atoms with Gasteiger partial charge in [0.15, 0.2) is 0 Å². The molecule has 2 rings (SSSR count). The van der Waals surface area contributed by atoms with Crippen molar-refractivity contribution < 1.29 is 0 Å². The molecule has 0 aromatic heterocycles. The van der Waals surface area contributed by atoms with Crippen molar-refractivity contribution in [3.63, 3.8) is 0 Å². The Hall–Kier alpha value is 0.270. The molecule has 0 aromatic rings. The normalized spacial score (nSPS) is 26.3. The first-order chi connectivity index (χ1) is 6.41. The third kappa shape index (κ3) is 3.15. The molecule has 0 aliphatic carbocycles. The first-order valence-corrected chi connectivity index (χ1v) is 6.45. The summed E-state index contributed by atoms with van der Waals surface area (Å²) in [7, 11) is 0. The Morgan fingerprint density at radius 1 is 1.00 bits per heavy atom. The van der Waals surface area contributed by atoms with Crippen molar-refractivity contribution in [2.45, 2.75) is 31.4 Å². The fourth-order valence-electron chi connectivity index (χ4n) is 1.91. The van der Waals surface area contributed by atoms with E-state index in [0.29, 0.717) is 4.75 Å². The van der Waals surface area contributed by atoms with Crippen LogP contribution in [-0.2, 0) is 0 Å². The van der Waals surface area contributed by atoms with E-state index in [0.717, 1.165) is 0 Å². The number of piperidine rings is 1. The molecular formula is C10H22N2S. The molecule has 13 heavy (non-hydrogen) atoms. The lowest BCUT2D eigenvalue weighted by molar-refractivity contribution is 0.389. The minimum Gasteiger partial charge on any atom is -0.317 e. The van der Waals surface area contributed by atoms with E-state index in [1.54, 1.807) is 0 Å². The van der Waals surface area contributed by atoms with E-state index in [9.17, 15) is 0 Å². The molecule has 0 atom stereocenters. The fourth-order valence-corrected chi connectivity index (χ4v) is 3.29. The van der Waals surface area contributed by atoms with Gasteiger partial charge in [-0.2, -0.15) is 11.8 Å². The Labute approximate surface area is 86.2 Å². The summed E-state index contributed by atoms with van der Waals surface area (Å²) in [5.74, 6) is 1.31. The predicted molar refractivity (Wildman–Crippen MR) is 61.5 cm³/mol. The molecule has 2 heterocycles. The van der Waals surface area contributed by atoms with Gasteiger partial charge in [0.1, 0.15) is 0 Å². The van der Waals surface area contributed by atoms with Crippen LogP contribution in [0.2, 0.25) is 0 Å². The zero-order valence-electron chi connectivity index (χ0n) is 8.86. The highest BCUT2D eigenvalue weighted by Gasteiger charge is 2.33. The summed E-state index contributed by atoms with van der Waals surface area (Å²) in [4.78, 5) is 0. The van der Waals surface area contributed by atoms with Crippen molar-refractivity contribution in [1.82, 2.24) is 10.6 Å². The summed E-state index contributed by atoms with van der Waals surface area (Å²) in [6, 6.07) is 0. The van der Waals surface area contributed by atoms with Crippen molar-refractivity contribution in [2.75, 3.05) is 31.9 Å². The predicted octanol–water partition coefficient (Wildman–Crippen LogP) is 1.47. The quantitative estimate of drug-likeness (QED) is 0.622. The summed E-state index contributed by atoms with van der Waals surface area (Å²) in [5, 5.41) is 6.91. The second-order valence-electron chi connectivity index (χ2n) is 3.46. The molecule has 2 fully saturated rings. The lowest BCUT2D eigenvalue weighted by atomic mass is 9.96. The summed E-state index contributed by atoms with van der Waals surface area (Å²) in [6.07, 6.45) is 2.70. The van der Waals surface area contributed by atoms with Crippen LogP contribution in [0.5, 0.6) is 0 Å². The minimum atomic E-state index is 0.601. The van der Waals surface area contributed by atoms with Gasteiger partial charge in [-0.05, 0) is 25.9 Å². The van der Waals surface area contributed by atoms with Gasteiger partial charge in [-0.15, -0.1) is 0 Å². The van der Waals surface area contributed by atoms with Crippen LogP contribution in [-0.4, -0.2) is 36.7 Å². The molecule has 2 N–H and O–H groups in total. The van der Waals surface area contributed by atoms with Gasteiger partial charge in [-0.1, -0.05) is 13.8 Å². The number of rotatable bonds is 0. The molecule has 0 bridgehead atoms. The number of hydrogen-bond acceptors (Lipinski definition) is 3. The zero-order valence-corrected chi connectivity index (χ0v) is 9.67. The van der Waals surface area contributed by atoms with Crippen molar-refractivity contribution in [1.29, 1.82) is 0 Å². The Bertz CT molecular complexity index is 107. The third-order valence-electron chi connectivity index (χ3n) is 2.65. The van der Waals surface area contributed by atoms with Crippen LogP contribution >= 0.6 is 11.8 Å². The van der Waals surface area contributed by atoms with Gasteiger partial charge >= 0.3 is 0 Å². The standard InChI is InChI=1S/C8H16N2S.C2H6/c1-3-9-4-2-8(1)7-10-5-6-11-8;1-2/h9-10H,1-7H2;1-2H3. The first-order valence-electron chi connectivity index (χ1n) is 5.47. The van der Waals surface area contributed by atoms with E-state index in [4.69, 9.17) is 0 Å². The molecule has 2 saturated heterocycles. The van der Waals surface area contributed by atoms with Crippen LogP contribution in [0.4, 0.5) is 0 Å². The molecule has 2 aliphatic heterocycles. The molecular weight excluding hydrogens is 180 g/mol. The summed E-state index contributed by atoms with van der Waals surface area (Å²) < 4.78 is 0.601. The molecule has 0 amide bonds. The van der Waals surface area contributed by atoms with Crippen molar-refractivity contribution in [3.8, 4) is 0 Å². The Balaban J connectivity index is 0.000000396. The van der Waals surface area contributed by atoms with Crippen LogP contribution < -0.4 is 10.6 Å². The molecule has 0 unspecified atom stereocenters. The zero-order chi connectivity index (χ0) is 9.57. The molecule has 2 nitrogen and oxygen atoms in total. The van der Waals surface area contributed by atoms with E-state index in [1.807, 2.05) is 13.8 Å². The van der Waals surface area contributed by atoms with Crippen LogP contribution in [0.1, 0.15) is 26.7 Å². The second-order valence-corrected chi connectivity index (χ2v) is 5.02. The molecule has 1 spiro atoms. The van der Waals surface area contributed by atoms with Gasteiger partial charge < -0.3 is 10.6 Å². The smallest absolute Gasteiger partial charge is 0.0309 e. The highest BCUT2D eigenvalue weighted by molar-refractivity contribution is 8.00. The summed E-state index contributed by atoms with van der Waals surface area (Å²) in [5.41, 5.74) is 0. The fraction of sp³-hybridized carbons (Fsp3) is 1.00. The molecule has 0 radical (unpaired) electrons. The Morgan fingerprint density at radius 2 is 1.69 bits per heavy atom. The van der Waals surface area contributed by atoms with E-state index < -0.39 is 0 Å². The Morgan fingerprint density at radius 3 is 2.23 bits per heavy atom. The first kappa shape index (κ1) is 11.3. The molecule has 78 valence electrons. The maximum absolute atomic E-state index is 3.50. The van der Waals surface area contributed by atoms with Crippen LogP contribution in [0.15, 0.2) is 0 Å². The number of hydrogen-bond donors (Lipinski definition) is 2. The van der Waals surface area contributed by atoms with Gasteiger partial charge in [0, 0.05) is 23.6 Å². The van der Waals surface area contributed by atoms with E-state index in [1.165, 1.54) is 44.8 Å². The number of thioether (sulfide) groups is 1. The van der Waals surface area contributed by atoms with Crippen LogP contribution in [0.25, 0.3) is 0 Å². The van der Waals surface area contributed by atoms with Crippen molar-refractivity contribution in [3.05, 3.63) is 0 Å². The maximum atomic E-state index is 3.50. The van der Waals surface area contributed by atoms with Gasteiger partial charge in [-0.3, -0.25) is 0 Å². The third-order valence-corrected chi connectivity index (χ3v) is 4.22. The summed E-state index contributed by atoms with van der Waals surface area (Å²) in [6.45, 7) is 8.88. The Kier molecular flexibility index (Phi) is 5.14. The van der Waals surface area contributed by atoms with E-state index in [2.05, 4.69) is 22.4 Å². The minimum absolute atomic E-state index is 0.601. The van der Waals surface area contributed by atoms with Crippen LogP contribution in [0.3, 0.4) is 0 Å². The van der Waals surface area contributed by atoms with E-state index >= 15 is 0 Å². The highest BCUT2D eigenvalue weighted by Crippen LogP contribution is 2.35. The molecule has 0 aromatic carbocycles. The average Bonchev–Trinajstić information content (AvgIpc) is 2.23. The second kappa shape index (κ2) is 5.89. The SMILES string of the molecule is C1CC2(CCN1)CNCCS2.CC. The van der Waals surface area contributed by atoms with Gasteiger partial charge in [-0.25, -0.2) is 0 Å². The highest BCUT2D eigenvalue weighted by atomic mass is 32.2. The summed E-state index contributed by atoms with van der Waals surface area (Å²) >= 11 is 2.18. The maximum Gasteiger partial charge on any atom is 0.0309 e. The van der Waals surface area contributed by atoms with Gasteiger partial charge in [0.05, 0.1) is 0 Å². The lowest BCUT2D eigenvalue weighted by Crippen LogP contribution is -2.49. The van der Waals surface area contributed by atoms with Crippen LogP contribution in [0, 0.1) is 0 Å². The van der Waals surface area contributed by atoms with Crippen molar-refractivity contribution in [2.24, 2.45) is 0 Å². The van der Waals surface area contributed by atoms with Gasteiger partial charge in [0.25, 0.3) is 0 Å².